The summed E-state index contributed by atoms with van der Waals surface area (Å²) in [4.78, 5) is 0. The first-order valence-corrected chi connectivity index (χ1v) is 7.18. The Kier molecular flexibility index (Phi) is 5.51. The maximum Gasteiger partial charge on any atom is 0.164 e. The van der Waals surface area contributed by atoms with Crippen LogP contribution in [0.25, 0.3) is 11.6 Å². The molecule has 0 aromatic heterocycles. The molecule has 0 aliphatic carbocycles. The van der Waals surface area contributed by atoms with Crippen LogP contribution in [0.1, 0.15) is 11.1 Å². The maximum atomic E-state index is 9.45. The number of methoxy groups -OCH3 is 3. The summed E-state index contributed by atoms with van der Waals surface area (Å²) in [7, 11) is 4.68. The average molecular weight is 330 g/mol. The minimum absolute atomic E-state index is 0.493. The summed E-state index contributed by atoms with van der Waals surface area (Å²) in [5.41, 5.74) is 1.98. The molecule has 0 fully saturated rings. The predicted octanol–water partition coefficient (Wildman–Crippen LogP) is 4.43. The number of nitrogens with zero attached hydrogens (tertiary/aromatic N) is 1. The van der Waals surface area contributed by atoms with Gasteiger partial charge in [0, 0.05) is 16.7 Å². The Morgan fingerprint density at radius 1 is 0.957 bits per heavy atom. The third kappa shape index (κ3) is 3.77. The zero-order valence-corrected chi connectivity index (χ0v) is 13.8. The largest absolute Gasteiger partial charge is 0.496 e. The molecule has 23 heavy (non-hydrogen) atoms. The number of hydrogen-bond acceptors (Lipinski definition) is 4. The number of halogens is 1. The molecule has 0 radical (unpaired) electrons. The zero-order valence-electron chi connectivity index (χ0n) is 13.1. The molecule has 0 heterocycles. The Morgan fingerprint density at radius 2 is 1.52 bits per heavy atom. The molecule has 0 bridgehead atoms. The Balaban J connectivity index is 2.55. The first kappa shape index (κ1) is 16.7. The van der Waals surface area contributed by atoms with Crippen molar-refractivity contribution in [3.8, 4) is 23.3 Å². The highest BCUT2D eigenvalue weighted by Gasteiger charge is 2.12. The summed E-state index contributed by atoms with van der Waals surface area (Å²) in [5, 5.41) is 10.1. The van der Waals surface area contributed by atoms with E-state index in [1.807, 2.05) is 0 Å². The lowest BCUT2D eigenvalue weighted by Crippen LogP contribution is -1.95. The van der Waals surface area contributed by atoms with Gasteiger partial charge in [0.2, 0.25) is 0 Å². The van der Waals surface area contributed by atoms with Crippen LogP contribution >= 0.6 is 11.6 Å². The smallest absolute Gasteiger partial charge is 0.164 e. The Labute approximate surface area is 140 Å². The Bertz CT molecular complexity index is 761. The van der Waals surface area contributed by atoms with Crippen molar-refractivity contribution in [2.45, 2.75) is 0 Å². The highest BCUT2D eigenvalue weighted by atomic mass is 35.5. The first-order valence-electron chi connectivity index (χ1n) is 6.80. The molecule has 2 aromatic rings. The fourth-order valence-corrected chi connectivity index (χ4v) is 2.26. The van der Waals surface area contributed by atoms with Crippen molar-refractivity contribution in [3.63, 3.8) is 0 Å². The molecule has 2 aromatic carbocycles. The number of ether oxygens (including phenoxy) is 3. The van der Waals surface area contributed by atoms with Crippen molar-refractivity contribution in [1.82, 2.24) is 0 Å². The van der Waals surface area contributed by atoms with Gasteiger partial charge in [0.25, 0.3) is 0 Å². The van der Waals surface area contributed by atoms with Gasteiger partial charge in [-0.05, 0) is 29.8 Å². The van der Waals surface area contributed by atoms with Crippen molar-refractivity contribution >= 4 is 23.3 Å². The van der Waals surface area contributed by atoms with Crippen molar-refractivity contribution in [2.75, 3.05) is 21.3 Å². The van der Waals surface area contributed by atoms with Gasteiger partial charge in [-0.25, -0.2) is 0 Å². The molecule has 5 heteroatoms. The number of allylic oxidation sites excluding steroid dienone is 1. The van der Waals surface area contributed by atoms with Gasteiger partial charge >= 0.3 is 0 Å². The van der Waals surface area contributed by atoms with E-state index in [9.17, 15) is 5.26 Å². The third-order valence-electron chi connectivity index (χ3n) is 3.31. The van der Waals surface area contributed by atoms with E-state index in [-0.39, 0.29) is 0 Å². The second-order valence-electron chi connectivity index (χ2n) is 4.63. The molecule has 0 spiro atoms. The average Bonchev–Trinajstić information content (AvgIpc) is 2.59. The molecular weight excluding hydrogens is 314 g/mol. The summed E-state index contributed by atoms with van der Waals surface area (Å²) < 4.78 is 15.9. The second kappa shape index (κ2) is 7.57. The summed E-state index contributed by atoms with van der Waals surface area (Å²) in [6, 6.07) is 12.8. The van der Waals surface area contributed by atoms with E-state index in [0.29, 0.717) is 27.8 Å². The van der Waals surface area contributed by atoms with Crippen LogP contribution in [0.4, 0.5) is 0 Å². The molecular formula is C18H16ClNO3. The van der Waals surface area contributed by atoms with Crippen LogP contribution in [0, 0.1) is 11.3 Å². The van der Waals surface area contributed by atoms with Crippen molar-refractivity contribution in [3.05, 3.63) is 52.5 Å². The van der Waals surface area contributed by atoms with Crippen LogP contribution in [0.15, 0.2) is 36.4 Å². The molecule has 0 N–H and O–H groups in total. The van der Waals surface area contributed by atoms with E-state index < -0.39 is 0 Å². The van der Waals surface area contributed by atoms with Gasteiger partial charge in [-0.1, -0.05) is 23.7 Å². The predicted molar refractivity (Wildman–Crippen MR) is 91.0 cm³/mol. The summed E-state index contributed by atoms with van der Waals surface area (Å²) in [5.74, 6) is 1.71. The molecule has 0 saturated carbocycles. The van der Waals surface area contributed by atoms with Crippen LogP contribution in [0.2, 0.25) is 5.02 Å². The Hall–Kier alpha value is -2.64. The van der Waals surface area contributed by atoms with E-state index in [1.54, 1.807) is 63.8 Å². The lowest BCUT2D eigenvalue weighted by molar-refractivity contribution is 0.348. The normalized spacial score (nSPS) is 10.8. The number of benzene rings is 2. The minimum atomic E-state index is 0.493. The number of hydrogen-bond donors (Lipinski definition) is 0. The highest BCUT2D eigenvalue weighted by Crippen LogP contribution is 2.36. The standard InChI is InChI=1S/C18H16ClNO3/c1-21-16-10-18(23-3)17(22-2)9-13(16)8-14(11-20)12-4-6-15(19)7-5-12/h4-10H,1-3H3/b14-8-. The summed E-state index contributed by atoms with van der Waals surface area (Å²) in [6.07, 6.45) is 1.74. The lowest BCUT2D eigenvalue weighted by Gasteiger charge is -2.12. The van der Waals surface area contributed by atoms with Gasteiger partial charge in [-0.2, -0.15) is 5.26 Å². The first-order chi connectivity index (χ1) is 11.1. The van der Waals surface area contributed by atoms with E-state index >= 15 is 0 Å². The molecule has 0 amide bonds. The van der Waals surface area contributed by atoms with E-state index in [2.05, 4.69) is 6.07 Å². The van der Waals surface area contributed by atoms with Crippen molar-refractivity contribution in [1.29, 1.82) is 5.26 Å². The van der Waals surface area contributed by atoms with Gasteiger partial charge in [-0.3, -0.25) is 0 Å². The van der Waals surface area contributed by atoms with Crippen LogP contribution < -0.4 is 14.2 Å². The van der Waals surface area contributed by atoms with Gasteiger partial charge in [0.05, 0.1) is 33.0 Å². The van der Waals surface area contributed by atoms with Gasteiger partial charge < -0.3 is 14.2 Å². The maximum absolute atomic E-state index is 9.45. The van der Waals surface area contributed by atoms with E-state index in [1.165, 1.54) is 0 Å². The molecule has 0 aliphatic rings. The van der Waals surface area contributed by atoms with Crippen LogP contribution in [-0.2, 0) is 0 Å². The van der Waals surface area contributed by atoms with Crippen LogP contribution in [0.5, 0.6) is 17.2 Å². The SMILES string of the molecule is COc1cc(OC)c(OC)cc1/C=C(/C#N)c1ccc(Cl)cc1. The highest BCUT2D eigenvalue weighted by molar-refractivity contribution is 6.30. The number of rotatable bonds is 5. The monoisotopic (exact) mass is 329 g/mol. The molecule has 4 nitrogen and oxygen atoms in total. The third-order valence-corrected chi connectivity index (χ3v) is 3.56. The summed E-state index contributed by atoms with van der Waals surface area (Å²) in [6.45, 7) is 0. The summed E-state index contributed by atoms with van der Waals surface area (Å²) >= 11 is 5.89. The van der Waals surface area contributed by atoms with Crippen molar-refractivity contribution in [2.24, 2.45) is 0 Å². The lowest BCUT2D eigenvalue weighted by atomic mass is 10.0. The van der Waals surface area contributed by atoms with Crippen LogP contribution in [-0.4, -0.2) is 21.3 Å². The molecule has 0 aliphatic heterocycles. The van der Waals surface area contributed by atoms with E-state index in [4.69, 9.17) is 25.8 Å². The van der Waals surface area contributed by atoms with Gasteiger partial charge in [0.1, 0.15) is 5.75 Å². The van der Waals surface area contributed by atoms with Gasteiger partial charge in [0.15, 0.2) is 11.5 Å². The molecule has 2 rings (SSSR count). The quantitative estimate of drug-likeness (QED) is 0.601. The second-order valence-corrected chi connectivity index (χ2v) is 5.06. The number of nitriles is 1. The fraction of sp³-hybridized carbons (Fsp3) is 0.167. The van der Waals surface area contributed by atoms with Gasteiger partial charge in [-0.15, -0.1) is 0 Å². The zero-order chi connectivity index (χ0) is 16.8. The minimum Gasteiger partial charge on any atom is -0.496 e. The molecule has 0 unspecified atom stereocenters. The molecule has 118 valence electrons. The molecule has 0 saturated heterocycles. The molecule has 0 atom stereocenters. The topological polar surface area (TPSA) is 51.5 Å². The Morgan fingerprint density at radius 3 is 2.04 bits per heavy atom. The van der Waals surface area contributed by atoms with Crippen molar-refractivity contribution < 1.29 is 14.2 Å². The van der Waals surface area contributed by atoms with Crippen LogP contribution in [0.3, 0.4) is 0 Å². The fourth-order valence-electron chi connectivity index (χ4n) is 2.13. The van der Waals surface area contributed by atoms with E-state index in [0.717, 1.165) is 11.1 Å².